The summed E-state index contributed by atoms with van der Waals surface area (Å²) in [6, 6.07) is 13.8. The van der Waals surface area contributed by atoms with Crippen molar-refractivity contribution in [3.8, 4) is 0 Å². The van der Waals surface area contributed by atoms with E-state index in [4.69, 9.17) is 0 Å². The van der Waals surface area contributed by atoms with Gasteiger partial charge in [-0.2, -0.15) is 0 Å². The molecule has 0 saturated carbocycles. The van der Waals surface area contributed by atoms with Crippen LogP contribution in [0.4, 0.5) is 16.2 Å². The quantitative estimate of drug-likeness (QED) is 0.677. The Morgan fingerprint density at radius 1 is 1.17 bits per heavy atom. The van der Waals surface area contributed by atoms with Crippen molar-refractivity contribution >= 4 is 28.3 Å². The van der Waals surface area contributed by atoms with E-state index < -0.39 is 0 Å². The van der Waals surface area contributed by atoms with Gasteiger partial charge in [0.2, 0.25) is 0 Å². The number of anilines is 2. The maximum absolute atomic E-state index is 12.4. The van der Waals surface area contributed by atoms with Crippen LogP contribution in [0.5, 0.6) is 0 Å². The van der Waals surface area contributed by atoms with Gasteiger partial charge in [0.15, 0.2) is 0 Å². The first-order valence-corrected chi connectivity index (χ1v) is 8.15. The number of carbonyl (C=O) groups is 1. The highest BCUT2D eigenvalue weighted by molar-refractivity contribution is 6.01. The maximum atomic E-state index is 12.4. The standard InChI is InChI=1S/C19H20N4O/c1-23-10-8-13-11-15(5-6-18(13)23)21-19(24)22-17-4-2-3-14-12-20-9-7-16(14)17/h2-6,8,10-11,20H,7,9,12H2,1H3,(H2,21,22,24). The third kappa shape index (κ3) is 2.74. The number of urea groups is 1. The van der Waals surface area contributed by atoms with Crippen molar-refractivity contribution in [3.05, 3.63) is 59.8 Å². The lowest BCUT2D eigenvalue weighted by molar-refractivity contribution is 0.262. The number of nitrogens with one attached hydrogen (secondary N) is 3. The predicted molar refractivity (Wildman–Crippen MR) is 97.4 cm³/mol. The number of nitrogens with zero attached hydrogens (tertiary/aromatic N) is 1. The molecule has 0 aliphatic carbocycles. The number of rotatable bonds is 2. The molecule has 122 valence electrons. The molecule has 0 atom stereocenters. The molecule has 3 aromatic rings. The number of carbonyl (C=O) groups excluding carboxylic acids is 1. The zero-order valence-electron chi connectivity index (χ0n) is 13.6. The minimum atomic E-state index is -0.211. The van der Waals surface area contributed by atoms with Crippen molar-refractivity contribution < 1.29 is 4.79 Å². The Bertz CT molecular complexity index is 913. The van der Waals surface area contributed by atoms with Crippen LogP contribution in [0.15, 0.2) is 48.7 Å². The van der Waals surface area contributed by atoms with Crippen LogP contribution >= 0.6 is 0 Å². The van der Waals surface area contributed by atoms with Gasteiger partial charge in [-0.05, 0) is 54.4 Å². The molecule has 0 saturated heterocycles. The first-order valence-electron chi connectivity index (χ1n) is 8.15. The molecule has 0 spiro atoms. The predicted octanol–water partition coefficient (Wildman–Crippen LogP) is 3.47. The van der Waals surface area contributed by atoms with Crippen molar-refractivity contribution in [3.63, 3.8) is 0 Å². The molecule has 3 N–H and O–H groups in total. The van der Waals surface area contributed by atoms with E-state index >= 15 is 0 Å². The van der Waals surface area contributed by atoms with Gasteiger partial charge < -0.3 is 20.5 Å². The van der Waals surface area contributed by atoms with Crippen LogP contribution in [0.2, 0.25) is 0 Å². The average molecular weight is 320 g/mol. The van der Waals surface area contributed by atoms with E-state index in [-0.39, 0.29) is 6.03 Å². The molecule has 4 rings (SSSR count). The molecule has 2 amide bonds. The second-order valence-electron chi connectivity index (χ2n) is 6.15. The molecule has 0 radical (unpaired) electrons. The largest absolute Gasteiger partial charge is 0.351 e. The van der Waals surface area contributed by atoms with E-state index in [1.54, 1.807) is 0 Å². The topological polar surface area (TPSA) is 58.1 Å². The number of benzene rings is 2. The van der Waals surface area contributed by atoms with Gasteiger partial charge in [-0.1, -0.05) is 12.1 Å². The van der Waals surface area contributed by atoms with Gasteiger partial charge >= 0.3 is 6.03 Å². The Labute approximate surface area is 140 Å². The van der Waals surface area contributed by atoms with E-state index in [0.717, 1.165) is 41.8 Å². The summed E-state index contributed by atoms with van der Waals surface area (Å²) in [5.41, 5.74) is 5.31. The van der Waals surface area contributed by atoms with Gasteiger partial charge in [-0.3, -0.25) is 0 Å². The lowest BCUT2D eigenvalue weighted by atomic mass is 9.99. The van der Waals surface area contributed by atoms with Crippen LogP contribution in [0.1, 0.15) is 11.1 Å². The second-order valence-corrected chi connectivity index (χ2v) is 6.15. The summed E-state index contributed by atoms with van der Waals surface area (Å²) < 4.78 is 2.06. The first kappa shape index (κ1) is 14.8. The fourth-order valence-corrected chi connectivity index (χ4v) is 3.29. The monoisotopic (exact) mass is 320 g/mol. The molecular formula is C19H20N4O. The number of fused-ring (bicyclic) bond motifs is 2. The maximum Gasteiger partial charge on any atom is 0.323 e. The molecule has 2 heterocycles. The summed E-state index contributed by atoms with van der Waals surface area (Å²) in [7, 11) is 2.01. The van der Waals surface area contributed by atoms with Crippen molar-refractivity contribution in [2.75, 3.05) is 17.2 Å². The number of hydrogen-bond acceptors (Lipinski definition) is 2. The summed E-state index contributed by atoms with van der Waals surface area (Å²) in [5.74, 6) is 0. The fraction of sp³-hybridized carbons (Fsp3) is 0.211. The molecule has 24 heavy (non-hydrogen) atoms. The number of amides is 2. The Morgan fingerprint density at radius 3 is 3.00 bits per heavy atom. The SMILES string of the molecule is Cn1ccc2cc(NC(=O)Nc3cccc4c3CCNC4)ccc21. The van der Waals surface area contributed by atoms with Gasteiger partial charge in [0.1, 0.15) is 0 Å². The summed E-state index contributed by atoms with van der Waals surface area (Å²) in [5, 5.41) is 10.4. The van der Waals surface area contributed by atoms with Crippen molar-refractivity contribution in [2.24, 2.45) is 7.05 Å². The van der Waals surface area contributed by atoms with Gasteiger partial charge in [0.05, 0.1) is 0 Å². The molecular weight excluding hydrogens is 300 g/mol. The third-order valence-electron chi connectivity index (χ3n) is 4.53. The van der Waals surface area contributed by atoms with Crippen molar-refractivity contribution in [1.29, 1.82) is 0 Å². The molecule has 1 aromatic heterocycles. The van der Waals surface area contributed by atoms with E-state index in [0.29, 0.717) is 0 Å². The van der Waals surface area contributed by atoms with Crippen LogP contribution in [0.25, 0.3) is 10.9 Å². The lowest BCUT2D eigenvalue weighted by Crippen LogP contribution is -2.26. The molecule has 1 aliphatic rings. The van der Waals surface area contributed by atoms with E-state index in [1.165, 1.54) is 11.1 Å². The summed E-state index contributed by atoms with van der Waals surface area (Å²) >= 11 is 0. The summed E-state index contributed by atoms with van der Waals surface area (Å²) in [6.45, 7) is 1.80. The molecule has 0 fully saturated rings. The normalized spacial score (nSPS) is 13.5. The Hall–Kier alpha value is -2.79. The van der Waals surface area contributed by atoms with E-state index in [1.807, 2.05) is 49.6 Å². The minimum absolute atomic E-state index is 0.211. The van der Waals surface area contributed by atoms with Gasteiger partial charge in [-0.15, -0.1) is 0 Å². The smallest absolute Gasteiger partial charge is 0.323 e. The van der Waals surface area contributed by atoms with E-state index in [9.17, 15) is 4.79 Å². The molecule has 1 aliphatic heterocycles. The van der Waals surface area contributed by atoms with Gasteiger partial charge in [0.25, 0.3) is 0 Å². The van der Waals surface area contributed by atoms with Gasteiger partial charge in [-0.25, -0.2) is 4.79 Å². The van der Waals surface area contributed by atoms with Crippen LogP contribution in [-0.4, -0.2) is 17.1 Å². The molecule has 5 nitrogen and oxygen atoms in total. The van der Waals surface area contributed by atoms with Crippen LogP contribution < -0.4 is 16.0 Å². The highest BCUT2D eigenvalue weighted by Crippen LogP contribution is 2.24. The van der Waals surface area contributed by atoms with Gasteiger partial charge in [0, 0.05) is 42.1 Å². The third-order valence-corrected chi connectivity index (χ3v) is 4.53. The van der Waals surface area contributed by atoms with Crippen LogP contribution in [0, 0.1) is 0 Å². The van der Waals surface area contributed by atoms with Crippen LogP contribution in [-0.2, 0) is 20.0 Å². The summed E-state index contributed by atoms with van der Waals surface area (Å²) in [6.07, 6.45) is 2.95. The Morgan fingerprint density at radius 2 is 2.08 bits per heavy atom. The Kier molecular flexibility index (Phi) is 3.70. The van der Waals surface area contributed by atoms with E-state index in [2.05, 4.69) is 26.6 Å². The highest BCUT2D eigenvalue weighted by atomic mass is 16.2. The van der Waals surface area contributed by atoms with Crippen LogP contribution in [0.3, 0.4) is 0 Å². The molecule has 2 aromatic carbocycles. The lowest BCUT2D eigenvalue weighted by Gasteiger charge is -2.20. The fourth-order valence-electron chi connectivity index (χ4n) is 3.29. The molecule has 0 unspecified atom stereocenters. The number of aromatic nitrogens is 1. The molecule has 0 bridgehead atoms. The van der Waals surface area contributed by atoms with Crippen molar-refractivity contribution in [1.82, 2.24) is 9.88 Å². The number of hydrogen-bond donors (Lipinski definition) is 3. The number of aryl methyl sites for hydroxylation is 1. The summed E-state index contributed by atoms with van der Waals surface area (Å²) in [4.78, 5) is 12.4. The highest BCUT2D eigenvalue weighted by Gasteiger charge is 2.14. The van der Waals surface area contributed by atoms with Crippen molar-refractivity contribution in [2.45, 2.75) is 13.0 Å². The first-order chi connectivity index (χ1) is 11.7. The molecule has 5 heteroatoms. The zero-order chi connectivity index (χ0) is 16.5. The minimum Gasteiger partial charge on any atom is -0.351 e. The second kappa shape index (κ2) is 6.02. The Balaban J connectivity index is 1.52. The average Bonchev–Trinajstić information content (AvgIpc) is 2.96. The zero-order valence-corrected chi connectivity index (χ0v) is 13.6.